The Balaban J connectivity index is 1.60. The van der Waals surface area contributed by atoms with E-state index in [1.165, 1.54) is 38.4 Å². The quantitative estimate of drug-likeness (QED) is 0.403. The summed E-state index contributed by atoms with van der Waals surface area (Å²) in [7, 11) is -0.617. The van der Waals surface area contributed by atoms with Gasteiger partial charge in [0.05, 0.1) is 4.90 Å². The molecule has 4 aromatic rings. The zero-order valence-corrected chi connectivity index (χ0v) is 19.8. The van der Waals surface area contributed by atoms with Crippen LogP contribution < -0.4 is 5.32 Å². The molecule has 6 nitrogen and oxygen atoms in total. The number of carbonyl (C=O) groups excluding carboxylic acids is 1. The zero-order chi connectivity index (χ0) is 23.6. The molecule has 1 unspecified atom stereocenters. The summed E-state index contributed by atoms with van der Waals surface area (Å²) in [5, 5.41) is 4.68. The summed E-state index contributed by atoms with van der Waals surface area (Å²) in [6.45, 7) is 0.322. The Hall–Kier alpha value is -3.13. The van der Waals surface area contributed by atoms with Crippen LogP contribution in [0.1, 0.15) is 27.4 Å². The van der Waals surface area contributed by atoms with E-state index in [4.69, 9.17) is 11.6 Å². The predicted molar refractivity (Wildman–Crippen MR) is 131 cm³/mol. The van der Waals surface area contributed by atoms with Gasteiger partial charge in [-0.25, -0.2) is 12.7 Å². The minimum atomic E-state index is -3.55. The third kappa shape index (κ3) is 4.66. The van der Waals surface area contributed by atoms with Gasteiger partial charge in [-0.2, -0.15) is 0 Å². The lowest BCUT2D eigenvalue weighted by molar-refractivity contribution is 0.0952. The van der Waals surface area contributed by atoms with Crippen LogP contribution in [0.4, 0.5) is 0 Å². The molecule has 1 atom stereocenters. The van der Waals surface area contributed by atoms with Gasteiger partial charge in [0.2, 0.25) is 10.0 Å². The van der Waals surface area contributed by atoms with Gasteiger partial charge in [0, 0.05) is 54.2 Å². The van der Waals surface area contributed by atoms with Crippen molar-refractivity contribution in [1.29, 1.82) is 0 Å². The Morgan fingerprint density at radius 2 is 1.64 bits per heavy atom. The molecule has 1 amide bonds. The first-order valence-corrected chi connectivity index (χ1v) is 12.2. The second kappa shape index (κ2) is 9.39. The molecule has 0 saturated carbocycles. The van der Waals surface area contributed by atoms with Crippen molar-refractivity contribution in [3.63, 3.8) is 0 Å². The molecule has 3 aromatic carbocycles. The van der Waals surface area contributed by atoms with Crippen LogP contribution in [0.15, 0.2) is 83.9 Å². The van der Waals surface area contributed by atoms with E-state index in [1.807, 2.05) is 54.7 Å². The molecular weight excluding hydrogens is 458 g/mol. The normalized spacial score (nSPS) is 12.7. The SMILES string of the molecule is CN(C)S(=O)(=O)c1ccc(C(=O)NCC(c2ccccc2Cl)c2c[nH]c3ccccc23)cc1. The third-order valence-corrected chi connectivity index (χ3v) is 7.81. The summed E-state index contributed by atoms with van der Waals surface area (Å²) in [4.78, 5) is 16.3. The van der Waals surface area contributed by atoms with E-state index in [2.05, 4.69) is 10.3 Å². The van der Waals surface area contributed by atoms with Crippen molar-refractivity contribution in [3.05, 3.63) is 101 Å². The molecule has 0 saturated heterocycles. The van der Waals surface area contributed by atoms with Crippen molar-refractivity contribution in [2.24, 2.45) is 0 Å². The highest BCUT2D eigenvalue weighted by Crippen LogP contribution is 2.34. The van der Waals surface area contributed by atoms with Crippen molar-refractivity contribution in [1.82, 2.24) is 14.6 Å². The fourth-order valence-corrected chi connectivity index (χ4v) is 4.98. The summed E-state index contributed by atoms with van der Waals surface area (Å²) >= 11 is 6.52. The van der Waals surface area contributed by atoms with E-state index in [0.717, 1.165) is 26.3 Å². The highest BCUT2D eigenvalue weighted by molar-refractivity contribution is 7.89. The molecule has 0 aliphatic rings. The van der Waals surface area contributed by atoms with Gasteiger partial charge in [-0.15, -0.1) is 0 Å². The number of carbonyl (C=O) groups is 1. The zero-order valence-electron chi connectivity index (χ0n) is 18.2. The van der Waals surface area contributed by atoms with E-state index >= 15 is 0 Å². The monoisotopic (exact) mass is 481 g/mol. The Morgan fingerprint density at radius 3 is 2.33 bits per heavy atom. The van der Waals surface area contributed by atoms with Crippen molar-refractivity contribution < 1.29 is 13.2 Å². The molecule has 8 heteroatoms. The number of nitrogens with zero attached hydrogens (tertiary/aromatic N) is 1. The number of benzene rings is 3. The number of para-hydroxylation sites is 1. The maximum Gasteiger partial charge on any atom is 0.251 e. The average Bonchev–Trinajstić information content (AvgIpc) is 3.24. The highest BCUT2D eigenvalue weighted by Gasteiger charge is 2.22. The highest BCUT2D eigenvalue weighted by atomic mass is 35.5. The number of amides is 1. The molecule has 0 aliphatic carbocycles. The number of halogens is 1. The third-order valence-electron chi connectivity index (χ3n) is 5.64. The van der Waals surface area contributed by atoms with E-state index in [-0.39, 0.29) is 16.7 Å². The number of H-pyrrole nitrogens is 1. The van der Waals surface area contributed by atoms with E-state index < -0.39 is 10.0 Å². The molecule has 0 radical (unpaired) electrons. The summed E-state index contributed by atoms with van der Waals surface area (Å²) in [5.74, 6) is -0.465. The van der Waals surface area contributed by atoms with Crippen molar-refractivity contribution in [2.45, 2.75) is 10.8 Å². The van der Waals surface area contributed by atoms with Gasteiger partial charge in [-0.05, 0) is 47.5 Å². The van der Waals surface area contributed by atoms with Crippen LogP contribution in [-0.4, -0.2) is 44.3 Å². The largest absolute Gasteiger partial charge is 0.361 e. The summed E-state index contributed by atoms with van der Waals surface area (Å²) in [6, 6.07) is 21.5. The second-order valence-electron chi connectivity index (χ2n) is 7.89. The Labute approximate surface area is 198 Å². The Bertz CT molecular complexity index is 1400. The van der Waals surface area contributed by atoms with Crippen molar-refractivity contribution in [2.75, 3.05) is 20.6 Å². The van der Waals surface area contributed by atoms with Crippen LogP contribution in [0.2, 0.25) is 5.02 Å². The molecular formula is C25H24ClN3O3S. The van der Waals surface area contributed by atoms with Gasteiger partial charge in [0.1, 0.15) is 0 Å². The molecule has 1 aromatic heterocycles. The van der Waals surface area contributed by atoms with Gasteiger partial charge < -0.3 is 10.3 Å². The van der Waals surface area contributed by atoms with Crippen molar-refractivity contribution >= 4 is 38.4 Å². The number of nitrogens with one attached hydrogen (secondary N) is 2. The lowest BCUT2D eigenvalue weighted by Crippen LogP contribution is -2.29. The van der Waals surface area contributed by atoms with Gasteiger partial charge in [-0.1, -0.05) is 48.0 Å². The maximum absolute atomic E-state index is 12.9. The molecule has 4 rings (SSSR count). The lowest BCUT2D eigenvalue weighted by atomic mass is 9.90. The first-order valence-electron chi connectivity index (χ1n) is 10.4. The number of sulfonamides is 1. The molecule has 0 spiro atoms. The first kappa shape index (κ1) is 23.0. The molecule has 0 aliphatic heterocycles. The number of rotatable bonds is 7. The average molecular weight is 482 g/mol. The molecule has 1 heterocycles. The van der Waals surface area contributed by atoms with Crippen LogP contribution in [0.25, 0.3) is 10.9 Å². The fraction of sp³-hybridized carbons (Fsp3) is 0.160. The van der Waals surface area contributed by atoms with Crippen LogP contribution in [-0.2, 0) is 10.0 Å². The fourth-order valence-electron chi connectivity index (χ4n) is 3.81. The van der Waals surface area contributed by atoms with Crippen molar-refractivity contribution in [3.8, 4) is 0 Å². The van der Waals surface area contributed by atoms with Crippen LogP contribution in [0.5, 0.6) is 0 Å². The number of hydrogen-bond acceptors (Lipinski definition) is 3. The molecule has 2 N–H and O–H groups in total. The van der Waals surface area contributed by atoms with Crippen LogP contribution >= 0.6 is 11.6 Å². The number of aromatic nitrogens is 1. The minimum Gasteiger partial charge on any atom is -0.361 e. The number of fused-ring (bicyclic) bond motifs is 1. The summed E-state index contributed by atoms with van der Waals surface area (Å²) in [5.41, 5.74) is 3.33. The van der Waals surface area contributed by atoms with Gasteiger partial charge in [0.15, 0.2) is 0 Å². The second-order valence-corrected chi connectivity index (χ2v) is 10.4. The number of aromatic amines is 1. The maximum atomic E-state index is 12.9. The molecule has 170 valence electrons. The Kier molecular flexibility index (Phi) is 6.56. The van der Waals surface area contributed by atoms with Gasteiger partial charge in [-0.3, -0.25) is 4.79 Å². The van der Waals surface area contributed by atoms with E-state index in [1.54, 1.807) is 0 Å². The summed E-state index contributed by atoms with van der Waals surface area (Å²) in [6.07, 6.45) is 1.95. The predicted octanol–water partition coefficient (Wildman–Crippen LogP) is 4.63. The number of hydrogen-bond donors (Lipinski definition) is 2. The van der Waals surface area contributed by atoms with Gasteiger partial charge >= 0.3 is 0 Å². The Morgan fingerprint density at radius 1 is 0.970 bits per heavy atom. The standard InChI is InChI=1S/C25H24ClN3O3S/c1-29(2)33(31,32)18-13-11-17(12-14-18)25(30)28-16-21(19-7-3-5-9-23(19)26)22-15-27-24-10-6-4-8-20(22)24/h3-15,21,27H,16H2,1-2H3,(H,28,30). The van der Waals surface area contributed by atoms with E-state index in [9.17, 15) is 13.2 Å². The first-order chi connectivity index (χ1) is 15.8. The smallest absolute Gasteiger partial charge is 0.251 e. The minimum absolute atomic E-state index is 0.136. The topological polar surface area (TPSA) is 82.3 Å². The molecule has 33 heavy (non-hydrogen) atoms. The van der Waals surface area contributed by atoms with Gasteiger partial charge in [0.25, 0.3) is 5.91 Å². The van der Waals surface area contributed by atoms with Crippen LogP contribution in [0, 0.1) is 0 Å². The van der Waals surface area contributed by atoms with E-state index in [0.29, 0.717) is 17.1 Å². The lowest BCUT2D eigenvalue weighted by Gasteiger charge is -2.19. The summed E-state index contributed by atoms with van der Waals surface area (Å²) < 4.78 is 25.7. The van der Waals surface area contributed by atoms with Crippen LogP contribution in [0.3, 0.4) is 0 Å². The molecule has 0 bridgehead atoms. The molecule has 0 fully saturated rings.